The number of aromatic nitrogens is 6. The number of aryl methyl sites for hydroxylation is 1. The first-order chi connectivity index (χ1) is 19.9. The van der Waals surface area contributed by atoms with E-state index in [9.17, 15) is 9.59 Å². The second-order valence-electron chi connectivity index (χ2n) is 10.4. The van der Waals surface area contributed by atoms with Gasteiger partial charge in [0.15, 0.2) is 0 Å². The lowest BCUT2D eigenvalue weighted by atomic mass is 9.81. The molecule has 0 saturated heterocycles. The Kier molecular flexibility index (Phi) is 8.59. The molecule has 0 radical (unpaired) electrons. The predicted octanol–water partition coefficient (Wildman–Crippen LogP) is 2.65. The minimum absolute atomic E-state index is 0.105. The van der Waals surface area contributed by atoms with Crippen LogP contribution in [0.25, 0.3) is 22.5 Å². The maximum absolute atomic E-state index is 13.6. The number of rotatable bonds is 9. The fourth-order valence-electron chi connectivity index (χ4n) is 5.25. The van der Waals surface area contributed by atoms with Crippen molar-refractivity contribution >= 4 is 23.5 Å². The quantitative estimate of drug-likeness (QED) is 0.207. The van der Waals surface area contributed by atoms with Gasteiger partial charge in [-0.15, -0.1) is 10.2 Å². The summed E-state index contributed by atoms with van der Waals surface area (Å²) in [6.07, 6.45) is 5.38. The first-order valence-electron chi connectivity index (χ1n) is 13.7. The second kappa shape index (κ2) is 12.6. The molecule has 0 spiro atoms. The normalized spacial score (nSPS) is 17.5. The summed E-state index contributed by atoms with van der Waals surface area (Å²) < 4.78 is 0. The van der Waals surface area contributed by atoms with Gasteiger partial charge in [-0.2, -0.15) is 5.21 Å². The zero-order valence-corrected chi connectivity index (χ0v) is 22.9. The number of nitrogens with one attached hydrogen (secondary N) is 3. The SMILES string of the molecule is Cc1nc(N)ncc1-c1cccc(C[C@H](NC(=O)C2CCC(CN)CC2)C(=O)Nc2ccc(-c3nn[nH]n3)cc2)c1. The van der Waals surface area contributed by atoms with E-state index in [-0.39, 0.29) is 23.7 Å². The Balaban J connectivity index is 1.34. The van der Waals surface area contributed by atoms with Crippen LogP contribution in [0.15, 0.2) is 54.7 Å². The molecule has 12 nitrogen and oxygen atoms in total. The summed E-state index contributed by atoms with van der Waals surface area (Å²) in [5, 5.41) is 19.9. The van der Waals surface area contributed by atoms with E-state index in [0.717, 1.165) is 53.6 Å². The smallest absolute Gasteiger partial charge is 0.247 e. The lowest BCUT2D eigenvalue weighted by Gasteiger charge is -2.28. The van der Waals surface area contributed by atoms with Crippen molar-refractivity contribution in [1.29, 1.82) is 0 Å². The summed E-state index contributed by atoms with van der Waals surface area (Å²) in [4.78, 5) is 35.3. The van der Waals surface area contributed by atoms with E-state index in [1.807, 2.05) is 31.2 Å². The number of hydrogen-bond acceptors (Lipinski definition) is 9. The second-order valence-corrected chi connectivity index (χ2v) is 10.4. The summed E-state index contributed by atoms with van der Waals surface area (Å²) in [7, 11) is 0. The van der Waals surface area contributed by atoms with Crippen LogP contribution in [0.4, 0.5) is 11.6 Å². The van der Waals surface area contributed by atoms with Crippen LogP contribution in [0.5, 0.6) is 0 Å². The maximum atomic E-state index is 13.6. The molecule has 5 rings (SSSR count). The van der Waals surface area contributed by atoms with Gasteiger partial charge in [0.05, 0.1) is 5.69 Å². The van der Waals surface area contributed by atoms with E-state index in [1.54, 1.807) is 30.5 Å². The number of hydrogen-bond donors (Lipinski definition) is 5. The van der Waals surface area contributed by atoms with Gasteiger partial charge in [0.1, 0.15) is 6.04 Å². The standard InChI is InChI=1S/C29H34N10O2/c1-17-24(16-32-29(31)33-17)22-4-2-3-19(13-22)14-25(35-27(40)21-7-5-18(15-30)6-8-21)28(41)34-23-11-9-20(10-12-23)26-36-38-39-37-26/h2-4,9-13,16,18,21,25H,5-8,14-15,30H2,1H3,(H,34,41)(H,35,40)(H2,31,32,33)(H,36,37,38,39)/t18?,21?,25-/m0/s1. The van der Waals surface area contributed by atoms with Crippen molar-refractivity contribution in [3.8, 4) is 22.5 Å². The fourth-order valence-corrected chi connectivity index (χ4v) is 5.25. The molecule has 2 aromatic heterocycles. The van der Waals surface area contributed by atoms with Gasteiger partial charge in [-0.25, -0.2) is 9.97 Å². The topological polar surface area (TPSA) is 190 Å². The summed E-state index contributed by atoms with van der Waals surface area (Å²) in [6, 6.07) is 14.1. The maximum Gasteiger partial charge on any atom is 0.247 e. The Hall–Kier alpha value is -4.71. The molecule has 212 valence electrons. The molecule has 7 N–H and O–H groups in total. The van der Waals surface area contributed by atoms with Crippen LogP contribution in [0.3, 0.4) is 0 Å². The van der Waals surface area contributed by atoms with Crippen LogP contribution in [0.2, 0.25) is 0 Å². The third kappa shape index (κ3) is 6.90. The monoisotopic (exact) mass is 554 g/mol. The summed E-state index contributed by atoms with van der Waals surface area (Å²) in [6.45, 7) is 2.51. The molecule has 1 fully saturated rings. The number of nitrogens with zero attached hydrogens (tertiary/aromatic N) is 5. The summed E-state index contributed by atoms with van der Waals surface area (Å²) >= 11 is 0. The number of tetrazole rings is 1. The Morgan fingerprint density at radius 3 is 2.54 bits per heavy atom. The summed E-state index contributed by atoms with van der Waals surface area (Å²) in [5.74, 6) is 0.581. The number of benzene rings is 2. The zero-order valence-electron chi connectivity index (χ0n) is 22.9. The van der Waals surface area contributed by atoms with Gasteiger partial charge in [0.2, 0.25) is 23.6 Å². The van der Waals surface area contributed by atoms with Gasteiger partial charge >= 0.3 is 0 Å². The largest absolute Gasteiger partial charge is 0.368 e. The molecule has 2 amide bonds. The molecule has 0 bridgehead atoms. The first-order valence-corrected chi connectivity index (χ1v) is 13.7. The molecule has 4 aromatic rings. The lowest BCUT2D eigenvalue weighted by molar-refractivity contribution is -0.130. The van der Waals surface area contributed by atoms with Crippen LogP contribution < -0.4 is 22.1 Å². The average molecular weight is 555 g/mol. The molecule has 1 saturated carbocycles. The van der Waals surface area contributed by atoms with Crippen molar-refractivity contribution < 1.29 is 9.59 Å². The highest BCUT2D eigenvalue weighted by Gasteiger charge is 2.29. The number of H-pyrrole nitrogens is 1. The predicted molar refractivity (Wildman–Crippen MR) is 155 cm³/mol. The van der Waals surface area contributed by atoms with Gasteiger partial charge in [-0.1, -0.05) is 24.3 Å². The molecule has 1 aliphatic rings. The molecule has 1 atom stereocenters. The van der Waals surface area contributed by atoms with Crippen molar-refractivity contribution in [2.75, 3.05) is 17.6 Å². The Bertz CT molecular complexity index is 1480. The lowest BCUT2D eigenvalue weighted by Crippen LogP contribution is -2.48. The zero-order chi connectivity index (χ0) is 28.8. The highest BCUT2D eigenvalue weighted by molar-refractivity contribution is 5.97. The van der Waals surface area contributed by atoms with Crippen LogP contribution in [0.1, 0.15) is 36.9 Å². The van der Waals surface area contributed by atoms with E-state index in [1.165, 1.54) is 0 Å². The average Bonchev–Trinajstić information content (AvgIpc) is 3.52. The van der Waals surface area contributed by atoms with Gasteiger partial charge < -0.3 is 22.1 Å². The Morgan fingerprint density at radius 2 is 1.85 bits per heavy atom. The minimum Gasteiger partial charge on any atom is -0.368 e. The van der Waals surface area contributed by atoms with Crippen LogP contribution >= 0.6 is 0 Å². The first kappa shape index (κ1) is 27.8. The highest BCUT2D eigenvalue weighted by atomic mass is 16.2. The van der Waals surface area contributed by atoms with Gasteiger partial charge in [-0.3, -0.25) is 9.59 Å². The molecule has 1 aliphatic carbocycles. The third-order valence-electron chi connectivity index (χ3n) is 7.62. The molecule has 0 aliphatic heterocycles. The number of nitrogen functional groups attached to an aromatic ring is 1. The van der Waals surface area contributed by atoms with Crippen LogP contribution in [-0.2, 0) is 16.0 Å². The minimum atomic E-state index is -0.786. The molecule has 0 unspecified atom stereocenters. The van der Waals surface area contributed by atoms with Gasteiger partial charge in [0, 0.05) is 35.3 Å². The number of amides is 2. The van der Waals surface area contributed by atoms with Crippen LogP contribution in [0, 0.1) is 18.8 Å². The van der Waals surface area contributed by atoms with Gasteiger partial charge in [0.25, 0.3) is 0 Å². The van der Waals surface area contributed by atoms with E-state index in [4.69, 9.17) is 11.5 Å². The van der Waals surface area contributed by atoms with E-state index >= 15 is 0 Å². The molecule has 2 heterocycles. The number of aromatic amines is 1. The van der Waals surface area contributed by atoms with Crippen molar-refractivity contribution in [1.82, 2.24) is 35.9 Å². The molecule has 12 heteroatoms. The molecule has 2 aromatic carbocycles. The fraction of sp³-hybridized carbons (Fsp3) is 0.345. The molecule has 41 heavy (non-hydrogen) atoms. The van der Waals surface area contributed by atoms with Crippen molar-refractivity contribution in [2.24, 2.45) is 17.6 Å². The van der Waals surface area contributed by atoms with E-state index in [0.29, 0.717) is 30.4 Å². The summed E-state index contributed by atoms with van der Waals surface area (Å²) in [5.41, 5.74) is 16.3. The van der Waals surface area contributed by atoms with E-state index in [2.05, 4.69) is 41.2 Å². The van der Waals surface area contributed by atoms with Crippen molar-refractivity contribution in [2.45, 2.75) is 45.1 Å². The number of carbonyl (C=O) groups excluding carboxylic acids is 2. The van der Waals surface area contributed by atoms with Crippen molar-refractivity contribution in [3.05, 3.63) is 66.0 Å². The number of nitrogens with two attached hydrogens (primary N) is 2. The number of anilines is 2. The van der Waals surface area contributed by atoms with Crippen molar-refractivity contribution in [3.63, 3.8) is 0 Å². The van der Waals surface area contributed by atoms with Gasteiger partial charge in [-0.05, 0) is 85.7 Å². The third-order valence-corrected chi connectivity index (χ3v) is 7.62. The Labute approximate surface area is 237 Å². The molecular formula is C29H34N10O2. The number of carbonyl (C=O) groups is 2. The molecular weight excluding hydrogens is 520 g/mol. The van der Waals surface area contributed by atoms with Crippen LogP contribution in [-0.4, -0.2) is 55.0 Å². The Morgan fingerprint density at radius 1 is 1.07 bits per heavy atom. The highest BCUT2D eigenvalue weighted by Crippen LogP contribution is 2.29. The van der Waals surface area contributed by atoms with E-state index < -0.39 is 6.04 Å².